The first-order valence-corrected chi connectivity index (χ1v) is 5.99. The molecule has 0 saturated heterocycles. The molecule has 4 nitrogen and oxygen atoms in total. The summed E-state index contributed by atoms with van der Waals surface area (Å²) in [6, 6.07) is 4.29. The minimum Gasteiger partial charge on any atom is -0.478 e. The number of rotatable bonds is 3. The lowest BCUT2D eigenvalue weighted by molar-refractivity contribution is 0.0692. The summed E-state index contributed by atoms with van der Waals surface area (Å²) >= 11 is 0. The van der Waals surface area contributed by atoms with E-state index in [0.717, 1.165) is 11.3 Å². The van der Waals surface area contributed by atoms with E-state index in [1.807, 2.05) is 27.0 Å². The summed E-state index contributed by atoms with van der Waals surface area (Å²) in [4.78, 5) is 10.9. The molecular weight excluding hydrogens is 247 g/mol. The highest BCUT2D eigenvalue weighted by molar-refractivity contribution is 5.89. The lowest BCUT2D eigenvalue weighted by atomic mass is 10.0. The number of hydrogen-bond acceptors (Lipinski definition) is 2. The average Bonchev–Trinajstić information content (AvgIpc) is 2.72. The Bertz CT molecular complexity index is 632. The van der Waals surface area contributed by atoms with E-state index in [1.54, 1.807) is 10.7 Å². The first-order valence-electron chi connectivity index (χ1n) is 5.99. The minimum absolute atomic E-state index is 0.215. The van der Waals surface area contributed by atoms with Crippen molar-refractivity contribution in [1.29, 1.82) is 0 Å². The number of carboxylic acids is 1. The molecule has 0 atom stereocenters. The number of benzene rings is 1. The van der Waals surface area contributed by atoms with Crippen molar-refractivity contribution in [2.75, 3.05) is 0 Å². The molecule has 0 radical (unpaired) electrons. The zero-order valence-corrected chi connectivity index (χ0v) is 11.0. The average molecular weight is 262 g/mol. The van der Waals surface area contributed by atoms with Crippen LogP contribution in [-0.4, -0.2) is 20.9 Å². The zero-order valence-electron chi connectivity index (χ0n) is 11.0. The van der Waals surface area contributed by atoms with E-state index >= 15 is 0 Å². The minimum atomic E-state index is -1.27. The van der Waals surface area contributed by atoms with Gasteiger partial charge in [0.25, 0.3) is 0 Å². The summed E-state index contributed by atoms with van der Waals surface area (Å²) in [5, 5.41) is 13.3. The number of nitrogens with zero attached hydrogens (tertiary/aromatic N) is 2. The molecule has 5 heteroatoms. The predicted octanol–water partition coefficient (Wildman–Crippen LogP) is 3.28. The number of carbonyl (C=O) groups is 1. The molecule has 0 aliphatic heterocycles. The maximum absolute atomic E-state index is 13.4. The van der Waals surface area contributed by atoms with Gasteiger partial charge in [-0.2, -0.15) is 5.10 Å². The quantitative estimate of drug-likeness (QED) is 0.923. The number of aryl methyl sites for hydroxylation is 1. The topological polar surface area (TPSA) is 55.1 Å². The van der Waals surface area contributed by atoms with Crippen molar-refractivity contribution in [1.82, 2.24) is 9.78 Å². The van der Waals surface area contributed by atoms with E-state index < -0.39 is 11.8 Å². The number of halogens is 1. The van der Waals surface area contributed by atoms with Gasteiger partial charge in [-0.3, -0.25) is 4.68 Å². The van der Waals surface area contributed by atoms with E-state index in [9.17, 15) is 9.18 Å². The molecule has 1 aromatic carbocycles. The summed E-state index contributed by atoms with van der Waals surface area (Å²) in [7, 11) is 0. The normalized spacial score (nSPS) is 11.0. The Morgan fingerprint density at radius 3 is 2.63 bits per heavy atom. The predicted molar refractivity (Wildman–Crippen MR) is 69.7 cm³/mol. The second-order valence-electron chi connectivity index (χ2n) is 4.70. The second kappa shape index (κ2) is 4.84. The van der Waals surface area contributed by atoms with Crippen molar-refractivity contribution < 1.29 is 14.3 Å². The van der Waals surface area contributed by atoms with Crippen LogP contribution in [0.3, 0.4) is 0 Å². The zero-order chi connectivity index (χ0) is 14.2. The molecule has 0 unspecified atom stereocenters. The molecule has 1 heterocycles. The molecule has 1 N–H and O–H groups in total. The Balaban J connectivity index is 2.53. The SMILES string of the molecule is Cc1nn(C(C)C)cc1-c1ccc(F)c(C(=O)O)c1. The van der Waals surface area contributed by atoms with Crippen molar-refractivity contribution in [3.8, 4) is 11.1 Å². The van der Waals surface area contributed by atoms with Gasteiger partial charge < -0.3 is 5.11 Å². The first kappa shape index (κ1) is 13.3. The molecule has 0 aliphatic carbocycles. The van der Waals surface area contributed by atoms with Gasteiger partial charge in [0.2, 0.25) is 0 Å². The highest BCUT2D eigenvalue weighted by Gasteiger charge is 2.14. The molecule has 19 heavy (non-hydrogen) atoms. The Hall–Kier alpha value is -2.17. The number of carboxylic acid groups (broad SMARTS) is 1. The summed E-state index contributed by atoms with van der Waals surface area (Å²) in [5.41, 5.74) is 1.94. The molecule has 0 aliphatic rings. The van der Waals surface area contributed by atoms with Crippen LogP contribution < -0.4 is 0 Å². The fourth-order valence-corrected chi connectivity index (χ4v) is 1.89. The number of aromatic nitrogens is 2. The van der Waals surface area contributed by atoms with Gasteiger partial charge in [0.1, 0.15) is 5.82 Å². The van der Waals surface area contributed by atoms with Crippen molar-refractivity contribution in [3.05, 3.63) is 41.5 Å². The molecule has 2 rings (SSSR count). The summed E-state index contributed by atoms with van der Waals surface area (Å²) in [6.45, 7) is 5.85. The molecular formula is C14H15FN2O2. The maximum Gasteiger partial charge on any atom is 0.338 e. The monoisotopic (exact) mass is 262 g/mol. The van der Waals surface area contributed by atoms with Crippen molar-refractivity contribution in [2.24, 2.45) is 0 Å². The van der Waals surface area contributed by atoms with Crippen LogP contribution in [-0.2, 0) is 0 Å². The van der Waals surface area contributed by atoms with Crippen LogP contribution >= 0.6 is 0 Å². The van der Waals surface area contributed by atoms with Crippen LogP contribution in [0.1, 0.15) is 35.9 Å². The van der Waals surface area contributed by atoms with E-state index in [2.05, 4.69) is 5.10 Å². The summed E-state index contributed by atoms with van der Waals surface area (Å²) < 4.78 is 15.2. The van der Waals surface area contributed by atoms with E-state index in [1.165, 1.54) is 12.1 Å². The molecule has 0 bridgehead atoms. The third kappa shape index (κ3) is 2.50. The van der Waals surface area contributed by atoms with Crippen LogP contribution in [0.2, 0.25) is 0 Å². The van der Waals surface area contributed by atoms with Crippen LogP contribution in [0.5, 0.6) is 0 Å². The van der Waals surface area contributed by atoms with Crippen LogP contribution in [0.15, 0.2) is 24.4 Å². The highest BCUT2D eigenvalue weighted by atomic mass is 19.1. The maximum atomic E-state index is 13.4. The van der Waals surface area contributed by atoms with Gasteiger partial charge in [-0.1, -0.05) is 6.07 Å². The molecule has 0 saturated carbocycles. The molecule has 1 aromatic heterocycles. The van der Waals surface area contributed by atoms with Crippen molar-refractivity contribution >= 4 is 5.97 Å². The Labute approximate surface area is 110 Å². The largest absolute Gasteiger partial charge is 0.478 e. The fraction of sp³-hybridized carbons (Fsp3) is 0.286. The molecule has 2 aromatic rings. The molecule has 0 fully saturated rings. The van der Waals surface area contributed by atoms with Crippen LogP contribution in [0.25, 0.3) is 11.1 Å². The van der Waals surface area contributed by atoms with Crippen LogP contribution in [0, 0.1) is 12.7 Å². The molecule has 0 spiro atoms. The number of aromatic carboxylic acids is 1. The number of hydrogen-bond donors (Lipinski definition) is 1. The Morgan fingerprint density at radius 2 is 2.11 bits per heavy atom. The Kier molecular flexibility index (Phi) is 3.38. The van der Waals surface area contributed by atoms with E-state index in [-0.39, 0.29) is 11.6 Å². The van der Waals surface area contributed by atoms with Crippen LogP contribution in [0.4, 0.5) is 4.39 Å². The third-order valence-corrected chi connectivity index (χ3v) is 2.95. The smallest absolute Gasteiger partial charge is 0.338 e. The van der Waals surface area contributed by atoms with Gasteiger partial charge >= 0.3 is 5.97 Å². The van der Waals surface area contributed by atoms with Gasteiger partial charge in [0.05, 0.1) is 11.3 Å². The van der Waals surface area contributed by atoms with Crippen molar-refractivity contribution in [3.63, 3.8) is 0 Å². The second-order valence-corrected chi connectivity index (χ2v) is 4.70. The van der Waals surface area contributed by atoms with Gasteiger partial charge in [0.15, 0.2) is 0 Å². The third-order valence-electron chi connectivity index (χ3n) is 2.95. The van der Waals surface area contributed by atoms with Crippen molar-refractivity contribution in [2.45, 2.75) is 26.8 Å². The lowest BCUT2D eigenvalue weighted by Crippen LogP contribution is -2.00. The van der Waals surface area contributed by atoms with E-state index in [4.69, 9.17) is 5.11 Å². The standard InChI is InChI=1S/C14H15FN2O2/c1-8(2)17-7-12(9(3)16-17)10-4-5-13(15)11(6-10)14(18)19/h4-8H,1-3H3,(H,18,19). The lowest BCUT2D eigenvalue weighted by Gasteiger charge is -2.04. The van der Waals surface area contributed by atoms with Gasteiger partial charge in [-0.05, 0) is 38.5 Å². The first-order chi connectivity index (χ1) is 8.90. The summed E-state index contributed by atoms with van der Waals surface area (Å²) in [6.07, 6.45) is 1.85. The van der Waals surface area contributed by atoms with Gasteiger partial charge in [0, 0.05) is 17.8 Å². The van der Waals surface area contributed by atoms with Gasteiger partial charge in [-0.25, -0.2) is 9.18 Å². The van der Waals surface area contributed by atoms with E-state index in [0.29, 0.717) is 5.56 Å². The Morgan fingerprint density at radius 1 is 1.42 bits per heavy atom. The summed E-state index contributed by atoms with van der Waals surface area (Å²) in [5.74, 6) is -2.00. The molecule has 100 valence electrons. The molecule has 0 amide bonds. The highest BCUT2D eigenvalue weighted by Crippen LogP contribution is 2.25. The fourth-order valence-electron chi connectivity index (χ4n) is 1.89. The van der Waals surface area contributed by atoms with Gasteiger partial charge in [-0.15, -0.1) is 0 Å².